The number of rotatable bonds is 8. The zero-order chi connectivity index (χ0) is 52.8. The minimum Gasteiger partial charge on any atom is -0.311 e. The molecule has 12 aromatic carbocycles. The van der Waals surface area contributed by atoms with Gasteiger partial charge in [-0.3, -0.25) is 0 Å². The van der Waals surface area contributed by atoms with E-state index in [-0.39, 0.29) is 13.4 Å². The van der Waals surface area contributed by atoms with Crippen LogP contribution in [0.3, 0.4) is 0 Å². The molecular weight excluding hydrogens is 1020 g/mol. The molecule has 4 heterocycles. The Morgan fingerprint density at radius 2 is 0.825 bits per heavy atom. The fourth-order valence-corrected chi connectivity index (χ4v) is 15.9. The van der Waals surface area contributed by atoms with E-state index in [4.69, 9.17) is 0 Å². The second kappa shape index (κ2) is 19.3. The summed E-state index contributed by atoms with van der Waals surface area (Å²) in [6.45, 7) is -0.0737. The number of nitrogens with zero attached hydrogens (tertiary/aromatic N) is 3. The second-order valence-electron chi connectivity index (χ2n) is 20.9. The van der Waals surface area contributed by atoms with Crippen molar-refractivity contribution in [3.63, 3.8) is 0 Å². The summed E-state index contributed by atoms with van der Waals surface area (Å²) < 4.78 is 0. The van der Waals surface area contributed by atoms with Gasteiger partial charge in [0.25, 0.3) is 0 Å². The van der Waals surface area contributed by atoms with E-state index in [0.717, 1.165) is 28.1 Å². The topological polar surface area (TPSA) is 9.72 Å². The first-order valence-corrected chi connectivity index (χ1v) is 29.6. The van der Waals surface area contributed by atoms with Gasteiger partial charge in [-0.25, -0.2) is 0 Å². The molecule has 3 nitrogen and oxygen atoms in total. The summed E-state index contributed by atoms with van der Waals surface area (Å²) in [6, 6.07) is 104. The SMILES string of the molecule is Pc1cccc(-c2ccccc2)c1N1c2ccccc2B2c3cc4c(cc3Sc3cc(-c5ccccc5)cc1c32)N(c1ccccc1-c1ccccc1)c1cc(N(c2ccccc2)c2ccccc2)cc2c1B4c1ccccc1S2. The molecule has 0 bridgehead atoms. The van der Waals surface area contributed by atoms with Crippen LogP contribution in [0.15, 0.2) is 299 Å². The molecule has 0 fully saturated rings. The summed E-state index contributed by atoms with van der Waals surface area (Å²) in [7, 11) is 3.11. The highest BCUT2D eigenvalue weighted by Gasteiger charge is 2.47. The first-order valence-electron chi connectivity index (χ1n) is 27.3. The van der Waals surface area contributed by atoms with Crippen molar-refractivity contribution in [2.75, 3.05) is 14.7 Å². The Hall–Kier alpha value is -8.70. The zero-order valence-corrected chi connectivity index (χ0v) is 46.2. The van der Waals surface area contributed by atoms with E-state index >= 15 is 0 Å². The Kier molecular flexibility index (Phi) is 11.4. The van der Waals surface area contributed by atoms with Crippen molar-refractivity contribution >= 4 is 135 Å². The Morgan fingerprint density at radius 3 is 1.52 bits per heavy atom. The van der Waals surface area contributed by atoms with Crippen molar-refractivity contribution in [3.8, 4) is 33.4 Å². The van der Waals surface area contributed by atoms with Crippen molar-refractivity contribution in [3.05, 3.63) is 279 Å². The molecule has 0 spiro atoms. The fourth-order valence-electron chi connectivity index (χ4n) is 13.1. The molecule has 0 saturated heterocycles. The van der Waals surface area contributed by atoms with Gasteiger partial charge in [-0.1, -0.05) is 241 Å². The van der Waals surface area contributed by atoms with Crippen LogP contribution in [0.1, 0.15) is 0 Å². The molecule has 8 heteroatoms. The van der Waals surface area contributed by atoms with Gasteiger partial charge in [0.1, 0.15) is 0 Å². The summed E-state index contributed by atoms with van der Waals surface area (Å²) >= 11 is 3.83. The van der Waals surface area contributed by atoms with Crippen LogP contribution in [0.4, 0.5) is 51.2 Å². The molecule has 4 aliphatic rings. The molecule has 0 aromatic heterocycles. The van der Waals surface area contributed by atoms with Crippen molar-refractivity contribution in [2.24, 2.45) is 0 Å². The van der Waals surface area contributed by atoms with Crippen molar-refractivity contribution < 1.29 is 0 Å². The largest absolute Gasteiger partial charge is 0.311 e. The van der Waals surface area contributed by atoms with E-state index < -0.39 is 0 Å². The van der Waals surface area contributed by atoms with Crippen LogP contribution in [0.2, 0.25) is 0 Å². The highest BCUT2D eigenvalue weighted by molar-refractivity contribution is 8.00. The van der Waals surface area contributed by atoms with E-state index in [1.54, 1.807) is 0 Å². The van der Waals surface area contributed by atoms with Gasteiger partial charge in [-0.2, -0.15) is 0 Å². The average molecular weight is 1070 g/mol. The molecule has 1 unspecified atom stereocenters. The standard InChI is InChI=1S/C72H48B2N3PS2/c78-65-39-22-34-55(49-27-10-3-11-28-49)72(65)77-61-38-20-17-35-56(61)73-59-45-58-62(46-67(59)80-68-42-50(41-63(77)70(68)73)47-23-6-1-7-24-47)76(60-37-19-16-33-54(60)48-25-8-2-9-26-48)64-43-53(44-69-71(64)74(58)57-36-18-21-40-66(57)79-69)75(51-29-12-4-13-30-51)52-31-14-5-15-32-52/h1-46H,78H2. The Morgan fingerprint density at radius 1 is 0.300 bits per heavy atom. The van der Waals surface area contributed by atoms with Gasteiger partial charge in [-0.05, 0) is 122 Å². The third-order valence-electron chi connectivity index (χ3n) is 16.5. The molecule has 12 aromatic rings. The molecule has 0 N–H and O–H groups in total. The van der Waals surface area contributed by atoms with Crippen molar-refractivity contribution in [1.82, 2.24) is 0 Å². The normalized spacial score (nSPS) is 13.1. The zero-order valence-electron chi connectivity index (χ0n) is 43.4. The maximum atomic E-state index is 3.11. The maximum absolute atomic E-state index is 3.11. The summed E-state index contributed by atoms with van der Waals surface area (Å²) in [5.74, 6) is 0. The van der Waals surface area contributed by atoms with E-state index in [0.29, 0.717) is 0 Å². The molecule has 1 atom stereocenters. The molecule has 16 rings (SSSR count). The average Bonchev–Trinajstić information content (AvgIpc) is 2.70. The van der Waals surface area contributed by atoms with E-state index in [9.17, 15) is 0 Å². The molecule has 374 valence electrons. The highest BCUT2D eigenvalue weighted by atomic mass is 32.2. The van der Waals surface area contributed by atoms with Crippen molar-refractivity contribution in [1.29, 1.82) is 0 Å². The lowest BCUT2D eigenvalue weighted by Gasteiger charge is -2.44. The monoisotopic (exact) mass is 1070 g/mol. The van der Waals surface area contributed by atoms with Gasteiger partial charge < -0.3 is 14.7 Å². The van der Waals surface area contributed by atoms with Crippen LogP contribution in [0.5, 0.6) is 0 Å². The highest BCUT2D eigenvalue weighted by Crippen LogP contribution is 2.51. The molecule has 0 radical (unpaired) electrons. The van der Waals surface area contributed by atoms with E-state index in [1.807, 2.05) is 23.5 Å². The molecule has 0 saturated carbocycles. The van der Waals surface area contributed by atoms with Gasteiger partial charge in [0.05, 0.1) is 11.4 Å². The molecule has 4 aliphatic heterocycles. The summed E-state index contributed by atoms with van der Waals surface area (Å²) in [6.07, 6.45) is 0. The number of fused-ring (bicyclic) bond motifs is 8. The van der Waals surface area contributed by atoms with Crippen LogP contribution >= 0.6 is 32.8 Å². The Balaban J connectivity index is 0.982. The fraction of sp³-hybridized carbons (Fsp3) is 0. The maximum Gasteiger partial charge on any atom is 0.249 e. The van der Waals surface area contributed by atoms with Crippen LogP contribution in [-0.2, 0) is 0 Å². The summed E-state index contributed by atoms with van der Waals surface area (Å²) in [5.41, 5.74) is 25.6. The lowest BCUT2D eigenvalue weighted by Crippen LogP contribution is -2.64. The first-order chi connectivity index (χ1) is 39.6. The van der Waals surface area contributed by atoms with E-state index in [1.165, 1.54) is 114 Å². The summed E-state index contributed by atoms with van der Waals surface area (Å²) in [4.78, 5) is 12.7. The van der Waals surface area contributed by atoms with Crippen LogP contribution in [-0.4, -0.2) is 13.4 Å². The Bertz CT molecular complexity index is 4370. The smallest absolute Gasteiger partial charge is 0.249 e. The minimum atomic E-state index is -0.0394. The van der Waals surface area contributed by atoms with Gasteiger partial charge in [0, 0.05) is 70.5 Å². The third-order valence-corrected chi connectivity index (χ3v) is 19.2. The number of anilines is 9. The molecular formula is C72H48B2N3PS2. The number of para-hydroxylation sites is 5. The summed E-state index contributed by atoms with van der Waals surface area (Å²) in [5, 5.41) is 1.15. The van der Waals surface area contributed by atoms with Gasteiger partial charge >= 0.3 is 0 Å². The Labute approximate surface area is 479 Å². The van der Waals surface area contributed by atoms with Crippen molar-refractivity contribution in [2.45, 2.75) is 19.6 Å². The number of hydrogen-bond donors (Lipinski definition) is 0. The van der Waals surface area contributed by atoms with Crippen LogP contribution in [0, 0.1) is 0 Å². The second-order valence-corrected chi connectivity index (χ2v) is 23.7. The quantitative estimate of drug-likeness (QED) is 0.110. The van der Waals surface area contributed by atoms with Gasteiger partial charge in [0.2, 0.25) is 13.4 Å². The predicted octanol–water partition coefficient (Wildman–Crippen LogP) is 15.2. The lowest BCUT2D eigenvalue weighted by atomic mass is 9.31. The van der Waals surface area contributed by atoms with Crippen LogP contribution in [0.25, 0.3) is 33.4 Å². The first kappa shape index (κ1) is 47.3. The van der Waals surface area contributed by atoms with E-state index in [2.05, 4.69) is 303 Å². The predicted molar refractivity (Wildman–Crippen MR) is 347 cm³/mol. The van der Waals surface area contributed by atoms with Crippen LogP contribution < -0.4 is 52.8 Å². The minimum absolute atomic E-state index is 0.0343. The van der Waals surface area contributed by atoms with Gasteiger partial charge in [-0.15, -0.1) is 9.24 Å². The molecule has 80 heavy (non-hydrogen) atoms. The third kappa shape index (κ3) is 7.60. The lowest BCUT2D eigenvalue weighted by molar-refractivity contribution is 1.22. The number of benzene rings is 12. The molecule has 0 amide bonds. The molecule has 0 aliphatic carbocycles. The van der Waals surface area contributed by atoms with Gasteiger partial charge in [0.15, 0.2) is 0 Å². The number of hydrogen-bond acceptors (Lipinski definition) is 5.